The molecule has 0 bridgehead atoms. The highest BCUT2D eigenvalue weighted by Crippen LogP contribution is 2.36. The summed E-state index contributed by atoms with van der Waals surface area (Å²) in [5.41, 5.74) is 2.89. The normalized spacial score (nSPS) is 17.8. The van der Waals surface area contributed by atoms with Gasteiger partial charge in [-0.25, -0.2) is 0 Å². The predicted octanol–water partition coefficient (Wildman–Crippen LogP) is 3.85. The van der Waals surface area contributed by atoms with Gasteiger partial charge in [0.25, 0.3) is 0 Å². The minimum Gasteiger partial charge on any atom is -0.493 e. The Bertz CT molecular complexity index is 375. The second-order valence-electron chi connectivity index (χ2n) is 5.07. The zero-order valence-electron chi connectivity index (χ0n) is 11.7. The Kier molecular flexibility index (Phi) is 5.06. The Balaban J connectivity index is 2.04. The Hall–Kier alpha value is -1.02. The first-order valence-corrected chi connectivity index (χ1v) is 7.34. The van der Waals surface area contributed by atoms with Crippen LogP contribution in [0.25, 0.3) is 0 Å². The summed E-state index contributed by atoms with van der Waals surface area (Å²) in [5.74, 6) is 1.11. The van der Waals surface area contributed by atoms with Crippen LogP contribution in [0.2, 0.25) is 0 Å². The van der Waals surface area contributed by atoms with Crippen LogP contribution < -0.4 is 10.1 Å². The Morgan fingerprint density at radius 3 is 2.94 bits per heavy atom. The number of rotatable bonds is 7. The molecule has 2 nitrogen and oxygen atoms in total. The van der Waals surface area contributed by atoms with Crippen LogP contribution in [-0.4, -0.2) is 13.2 Å². The Labute approximate surface area is 111 Å². The van der Waals surface area contributed by atoms with Crippen LogP contribution in [0.3, 0.4) is 0 Å². The van der Waals surface area contributed by atoms with Crippen LogP contribution in [0.5, 0.6) is 5.75 Å². The lowest BCUT2D eigenvalue weighted by molar-refractivity contribution is 0.306. The Morgan fingerprint density at radius 1 is 1.28 bits per heavy atom. The fourth-order valence-electron chi connectivity index (χ4n) is 2.61. The third-order valence-corrected chi connectivity index (χ3v) is 3.62. The first-order chi connectivity index (χ1) is 8.86. The second kappa shape index (κ2) is 6.79. The molecule has 2 heteroatoms. The minimum atomic E-state index is 0.537. The lowest BCUT2D eigenvalue weighted by Gasteiger charge is -2.14. The summed E-state index contributed by atoms with van der Waals surface area (Å²) in [6.07, 6.45) is 5.89. The fraction of sp³-hybridized carbons (Fsp3) is 0.625. The number of nitrogens with one attached hydrogen (secondary N) is 1. The number of ether oxygens (including phenoxy) is 1. The summed E-state index contributed by atoms with van der Waals surface area (Å²) in [6.45, 7) is 6.36. The maximum Gasteiger partial charge on any atom is 0.122 e. The molecule has 0 spiro atoms. The lowest BCUT2D eigenvalue weighted by atomic mass is 10.1. The van der Waals surface area contributed by atoms with Gasteiger partial charge in [0.05, 0.1) is 6.61 Å². The number of fused-ring (bicyclic) bond motifs is 1. The summed E-state index contributed by atoms with van der Waals surface area (Å²) >= 11 is 0. The largest absolute Gasteiger partial charge is 0.493 e. The van der Waals surface area contributed by atoms with E-state index in [0.29, 0.717) is 6.04 Å². The van der Waals surface area contributed by atoms with E-state index in [4.69, 9.17) is 4.74 Å². The third kappa shape index (κ3) is 3.05. The molecule has 1 N–H and O–H groups in total. The summed E-state index contributed by atoms with van der Waals surface area (Å²) in [6, 6.07) is 7.04. The quantitative estimate of drug-likeness (QED) is 0.739. The molecule has 0 heterocycles. The van der Waals surface area contributed by atoms with E-state index in [2.05, 4.69) is 37.4 Å². The van der Waals surface area contributed by atoms with Crippen molar-refractivity contribution in [3.05, 3.63) is 29.3 Å². The van der Waals surface area contributed by atoms with Gasteiger partial charge in [0.2, 0.25) is 0 Å². The smallest absolute Gasteiger partial charge is 0.122 e. The van der Waals surface area contributed by atoms with Gasteiger partial charge < -0.3 is 10.1 Å². The van der Waals surface area contributed by atoms with E-state index in [9.17, 15) is 0 Å². The van der Waals surface area contributed by atoms with E-state index >= 15 is 0 Å². The summed E-state index contributed by atoms with van der Waals surface area (Å²) < 4.78 is 5.91. The monoisotopic (exact) mass is 247 g/mol. The van der Waals surface area contributed by atoms with Crippen molar-refractivity contribution < 1.29 is 4.74 Å². The number of unbranched alkanes of at least 4 members (excludes halogenated alkanes) is 1. The van der Waals surface area contributed by atoms with Gasteiger partial charge in [0.15, 0.2) is 0 Å². The molecule has 18 heavy (non-hydrogen) atoms. The number of benzene rings is 1. The standard InChI is InChI=1S/C16H25NO/c1-3-5-12-18-16-8-6-7-13-14(16)9-10-15(13)17-11-4-2/h6-8,15,17H,3-5,9-12H2,1-2H3. The summed E-state index contributed by atoms with van der Waals surface area (Å²) in [4.78, 5) is 0. The van der Waals surface area contributed by atoms with Gasteiger partial charge in [0.1, 0.15) is 5.75 Å². The van der Waals surface area contributed by atoms with Gasteiger partial charge in [-0.2, -0.15) is 0 Å². The van der Waals surface area contributed by atoms with Crippen molar-refractivity contribution in [3.8, 4) is 5.75 Å². The number of hydrogen-bond acceptors (Lipinski definition) is 2. The molecule has 1 atom stereocenters. The van der Waals surface area contributed by atoms with Crippen molar-refractivity contribution in [3.63, 3.8) is 0 Å². The topological polar surface area (TPSA) is 21.3 Å². The second-order valence-corrected chi connectivity index (χ2v) is 5.07. The third-order valence-electron chi connectivity index (χ3n) is 3.62. The molecule has 0 radical (unpaired) electrons. The maximum atomic E-state index is 5.91. The van der Waals surface area contributed by atoms with Gasteiger partial charge in [-0.05, 0) is 49.4 Å². The molecule has 1 aliphatic carbocycles. The van der Waals surface area contributed by atoms with Crippen LogP contribution in [0, 0.1) is 0 Å². The van der Waals surface area contributed by atoms with Gasteiger partial charge >= 0.3 is 0 Å². The molecular weight excluding hydrogens is 222 g/mol. The van der Waals surface area contributed by atoms with Gasteiger partial charge in [-0.15, -0.1) is 0 Å². The van der Waals surface area contributed by atoms with Crippen LogP contribution in [-0.2, 0) is 6.42 Å². The molecule has 2 rings (SSSR count). The highest BCUT2D eigenvalue weighted by atomic mass is 16.5. The zero-order chi connectivity index (χ0) is 12.8. The average Bonchev–Trinajstić information content (AvgIpc) is 2.81. The van der Waals surface area contributed by atoms with Crippen molar-refractivity contribution in [2.24, 2.45) is 0 Å². The molecule has 0 aliphatic heterocycles. The summed E-state index contributed by atoms with van der Waals surface area (Å²) in [7, 11) is 0. The maximum absolute atomic E-state index is 5.91. The first kappa shape index (κ1) is 13.4. The molecule has 0 aromatic heterocycles. The van der Waals surface area contributed by atoms with Crippen LogP contribution in [0.1, 0.15) is 56.7 Å². The molecule has 1 unspecified atom stereocenters. The van der Waals surface area contributed by atoms with E-state index in [1.165, 1.54) is 30.4 Å². The van der Waals surface area contributed by atoms with Crippen molar-refractivity contribution >= 4 is 0 Å². The average molecular weight is 247 g/mol. The first-order valence-electron chi connectivity index (χ1n) is 7.34. The van der Waals surface area contributed by atoms with E-state index < -0.39 is 0 Å². The van der Waals surface area contributed by atoms with Crippen LogP contribution in [0.15, 0.2) is 18.2 Å². The summed E-state index contributed by atoms with van der Waals surface area (Å²) in [5, 5.41) is 3.63. The van der Waals surface area contributed by atoms with Gasteiger partial charge in [-0.1, -0.05) is 32.4 Å². The molecule has 0 saturated heterocycles. The predicted molar refractivity (Wildman–Crippen MR) is 76.2 cm³/mol. The van der Waals surface area contributed by atoms with E-state index in [1.54, 1.807) is 0 Å². The zero-order valence-corrected chi connectivity index (χ0v) is 11.7. The van der Waals surface area contributed by atoms with E-state index in [1.807, 2.05) is 0 Å². The molecule has 1 aliphatic rings. The SMILES string of the molecule is CCCCOc1cccc2c1CCC2NCCC. The van der Waals surface area contributed by atoms with Crippen molar-refractivity contribution in [1.82, 2.24) is 5.32 Å². The fourth-order valence-corrected chi connectivity index (χ4v) is 2.61. The highest BCUT2D eigenvalue weighted by molar-refractivity contribution is 5.45. The van der Waals surface area contributed by atoms with Crippen molar-refractivity contribution in [1.29, 1.82) is 0 Å². The van der Waals surface area contributed by atoms with Crippen molar-refractivity contribution in [2.45, 2.75) is 52.0 Å². The highest BCUT2D eigenvalue weighted by Gasteiger charge is 2.24. The van der Waals surface area contributed by atoms with Gasteiger partial charge in [-0.3, -0.25) is 0 Å². The lowest BCUT2D eigenvalue weighted by Crippen LogP contribution is -2.19. The molecular formula is C16H25NO. The molecule has 100 valence electrons. The molecule has 0 saturated carbocycles. The number of hydrogen-bond donors (Lipinski definition) is 1. The van der Waals surface area contributed by atoms with Crippen LogP contribution >= 0.6 is 0 Å². The van der Waals surface area contributed by atoms with Crippen LogP contribution in [0.4, 0.5) is 0 Å². The molecule has 1 aromatic rings. The molecule has 0 fully saturated rings. The minimum absolute atomic E-state index is 0.537. The Morgan fingerprint density at radius 2 is 2.17 bits per heavy atom. The molecule has 0 amide bonds. The van der Waals surface area contributed by atoms with E-state index in [-0.39, 0.29) is 0 Å². The molecule has 1 aromatic carbocycles. The van der Waals surface area contributed by atoms with E-state index in [0.717, 1.165) is 31.7 Å². The van der Waals surface area contributed by atoms with Crippen molar-refractivity contribution in [2.75, 3.05) is 13.2 Å². The van der Waals surface area contributed by atoms with Gasteiger partial charge in [0, 0.05) is 6.04 Å².